The van der Waals surface area contributed by atoms with Gasteiger partial charge >= 0.3 is 0 Å². The van der Waals surface area contributed by atoms with Crippen LogP contribution in [0.2, 0.25) is 0 Å². The summed E-state index contributed by atoms with van der Waals surface area (Å²) in [4.78, 5) is 0. The van der Waals surface area contributed by atoms with Gasteiger partial charge in [-0.3, -0.25) is 0 Å². The van der Waals surface area contributed by atoms with E-state index in [9.17, 15) is 8.22 Å². The summed E-state index contributed by atoms with van der Waals surface area (Å²) in [6.07, 6.45) is 0. The predicted molar refractivity (Wildman–Crippen MR) is 218 cm³/mol. The van der Waals surface area contributed by atoms with Crippen LogP contribution in [-0.2, 0) is 0 Å². The normalized spacial score (nSPS) is 16.0. The Kier molecular flexibility index (Phi) is 3.70. The third kappa shape index (κ3) is 4.28. The molecule has 51 heavy (non-hydrogen) atoms. The summed E-state index contributed by atoms with van der Waals surface area (Å²) >= 11 is 0. The van der Waals surface area contributed by atoms with Crippen LogP contribution in [0.3, 0.4) is 0 Å². The van der Waals surface area contributed by atoms with Crippen LogP contribution in [0, 0.1) is 0 Å². The topological polar surface area (TPSA) is 13.1 Å². The van der Waals surface area contributed by atoms with E-state index < -0.39 is 107 Å². The Balaban J connectivity index is 1.33. The molecule has 0 amide bonds. The van der Waals surface area contributed by atoms with Gasteiger partial charge in [-0.05, 0) is 124 Å². The molecule has 0 aliphatic carbocycles. The van der Waals surface area contributed by atoms with E-state index in [1.807, 2.05) is 72.8 Å². The molecule has 0 unspecified atom stereocenters. The minimum atomic E-state index is -0.742. The van der Waals surface area contributed by atoms with Gasteiger partial charge in [0.1, 0.15) is 11.2 Å². The van der Waals surface area contributed by atoms with Crippen LogP contribution in [0.4, 0.5) is 0 Å². The van der Waals surface area contributed by atoms with E-state index in [1.54, 1.807) is 18.2 Å². The van der Waals surface area contributed by atoms with Gasteiger partial charge in [-0.1, -0.05) is 145 Å². The van der Waals surface area contributed by atoms with Gasteiger partial charge in [0, 0.05) is 10.8 Å². The largest absolute Gasteiger partial charge is 0.456 e. The monoisotopic (exact) mass is 661 g/mol. The number of hydrogen-bond donors (Lipinski definition) is 0. The van der Waals surface area contributed by atoms with E-state index >= 15 is 0 Å². The maximum absolute atomic E-state index is 9.57. The summed E-state index contributed by atoms with van der Waals surface area (Å²) in [6.45, 7) is 0. The minimum absolute atomic E-state index is 0.0314. The Labute approximate surface area is 315 Å². The molecule has 1 heteroatoms. The van der Waals surface area contributed by atoms with E-state index in [0.29, 0.717) is 38.6 Å². The van der Waals surface area contributed by atoms with Gasteiger partial charge in [0.2, 0.25) is 0 Å². The van der Waals surface area contributed by atoms with E-state index in [1.165, 1.54) is 0 Å². The second-order valence-corrected chi connectivity index (χ2v) is 12.5. The van der Waals surface area contributed by atoms with Gasteiger partial charge in [-0.25, -0.2) is 0 Å². The fourth-order valence-electron chi connectivity index (χ4n) is 7.46. The molecule has 11 rings (SSSR count). The maximum atomic E-state index is 9.57. The first kappa shape index (κ1) is 17.3. The van der Waals surface area contributed by atoms with Crippen LogP contribution in [0.15, 0.2) is 186 Å². The van der Waals surface area contributed by atoms with Crippen LogP contribution in [0.5, 0.6) is 0 Å². The second kappa shape index (κ2) is 10.9. The number of rotatable bonds is 3. The molecule has 0 atom stereocenters. The zero-order valence-electron chi connectivity index (χ0n) is 41.6. The van der Waals surface area contributed by atoms with Crippen molar-refractivity contribution in [1.29, 1.82) is 0 Å². The van der Waals surface area contributed by atoms with Crippen molar-refractivity contribution in [2.45, 2.75) is 0 Å². The molecule has 0 aliphatic heterocycles. The lowest BCUT2D eigenvalue weighted by atomic mass is 9.83. The molecular weight excluding hydrogens is 617 g/mol. The lowest BCUT2D eigenvalue weighted by Gasteiger charge is -2.20. The summed E-state index contributed by atoms with van der Waals surface area (Å²) in [5.41, 5.74) is 2.19. The third-order valence-electron chi connectivity index (χ3n) is 9.70. The molecule has 0 spiro atoms. The van der Waals surface area contributed by atoms with Gasteiger partial charge in [0.05, 0.1) is 20.6 Å². The summed E-state index contributed by atoms with van der Waals surface area (Å²) in [5.74, 6) is 0. The standard InChI is InChI=1S/C50H30O/c1-2-13-33-27-36(22-21-31(33)11-1)48-40-17-7-9-19-42(40)49(43-20-10-8-18-41(43)48)45-29-37(28-35-14-4-5-15-38(35)45)34-23-25-44-47(30-34)51-46-26-24-32-12-3-6-16-39(32)50(44)46/h1-30H/i1D,2D,7D,8D,9D,10D,11D,13D,17D,18D,19D,20D,21D,22D,27D. The van der Waals surface area contributed by atoms with E-state index in [0.717, 1.165) is 21.5 Å². The van der Waals surface area contributed by atoms with E-state index in [2.05, 4.69) is 0 Å². The Morgan fingerprint density at radius 2 is 1.04 bits per heavy atom. The van der Waals surface area contributed by atoms with Gasteiger partial charge in [0.15, 0.2) is 0 Å². The molecule has 1 nitrogen and oxygen atoms in total. The fourth-order valence-corrected chi connectivity index (χ4v) is 7.46. The Morgan fingerprint density at radius 1 is 0.373 bits per heavy atom. The molecule has 1 heterocycles. The van der Waals surface area contributed by atoms with Crippen LogP contribution in [0.25, 0.3) is 109 Å². The Bertz CT molecular complexity index is 3980. The van der Waals surface area contributed by atoms with Gasteiger partial charge in [-0.15, -0.1) is 0 Å². The second-order valence-electron chi connectivity index (χ2n) is 12.5. The third-order valence-corrected chi connectivity index (χ3v) is 9.70. The first-order chi connectivity index (χ1) is 31.5. The summed E-state index contributed by atoms with van der Waals surface area (Å²) in [5, 5.41) is 3.40. The van der Waals surface area contributed by atoms with Gasteiger partial charge < -0.3 is 4.42 Å². The summed E-state index contributed by atoms with van der Waals surface area (Å²) in [6, 6.07) is 18.8. The molecule has 1 aromatic heterocycles. The van der Waals surface area contributed by atoms with Crippen molar-refractivity contribution in [2.75, 3.05) is 0 Å². The van der Waals surface area contributed by atoms with Gasteiger partial charge in [-0.2, -0.15) is 0 Å². The Morgan fingerprint density at radius 3 is 1.82 bits per heavy atom. The number of fused-ring (bicyclic) bond motifs is 9. The van der Waals surface area contributed by atoms with Crippen LogP contribution in [-0.4, -0.2) is 0 Å². The molecule has 11 aromatic rings. The molecule has 236 valence electrons. The smallest absolute Gasteiger partial charge is 0.136 e. The molecular formula is C50H30O. The summed E-state index contributed by atoms with van der Waals surface area (Å²) in [7, 11) is 0. The lowest BCUT2D eigenvalue weighted by molar-refractivity contribution is 0.669. The predicted octanol–water partition coefficient (Wildman–Crippen LogP) is 14.4. The molecule has 0 N–H and O–H groups in total. The van der Waals surface area contributed by atoms with Crippen molar-refractivity contribution >= 4 is 75.8 Å². The average Bonchev–Trinajstić information content (AvgIpc) is 3.71. The molecule has 0 saturated heterocycles. The van der Waals surface area contributed by atoms with Crippen molar-refractivity contribution in [3.63, 3.8) is 0 Å². The summed E-state index contributed by atoms with van der Waals surface area (Å²) < 4.78 is 142. The quantitative estimate of drug-likeness (QED) is 0.172. The zero-order chi connectivity index (χ0) is 46.5. The minimum Gasteiger partial charge on any atom is -0.456 e. The van der Waals surface area contributed by atoms with E-state index in [-0.39, 0.29) is 32.7 Å². The average molecular weight is 662 g/mol. The lowest BCUT2D eigenvalue weighted by Crippen LogP contribution is -1.92. The van der Waals surface area contributed by atoms with Crippen molar-refractivity contribution in [3.05, 3.63) is 182 Å². The van der Waals surface area contributed by atoms with Crippen LogP contribution in [0.1, 0.15) is 20.6 Å². The number of furan rings is 1. The molecule has 10 aromatic carbocycles. The van der Waals surface area contributed by atoms with Crippen molar-refractivity contribution in [3.8, 4) is 33.4 Å². The van der Waals surface area contributed by atoms with E-state index in [4.69, 9.17) is 16.8 Å². The molecule has 0 aliphatic rings. The highest BCUT2D eigenvalue weighted by Gasteiger charge is 2.19. The first-order valence-corrected chi connectivity index (χ1v) is 16.4. The fraction of sp³-hybridized carbons (Fsp3) is 0. The highest BCUT2D eigenvalue weighted by molar-refractivity contribution is 6.24. The molecule has 0 radical (unpaired) electrons. The molecule has 0 fully saturated rings. The Hall–Kier alpha value is -6.70. The van der Waals surface area contributed by atoms with Gasteiger partial charge in [0.25, 0.3) is 0 Å². The highest BCUT2D eigenvalue weighted by atomic mass is 16.3. The molecule has 0 saturated carbocycles. The maximum Gasteiger partial charge on any atom is 0.136 e. The highest BCUT2D eigenvalue weighted by Crippen LogP contribution is 2.47. The first-order valence-electron chi connectivity index (χ1n) is 23.9. The van der Waals surface area contributed by atoms with Crippen molar-refractivity contribution in [1.82, 2.24) is 0 Å². The van der Waals surface area contributed by atoms with Crippen LogP contribution >= 0.6 is 0 Å². The molecule has 0 bridgehead atoms. The zero-order valence-corrected chi connectivity index (χ0v) is 26.6. The number of hydrogen-bond acceptors (Lipinski definition) is 1. The van der Waals surface area contributed by atoms with Crippen molar-refractivity contribution < 1.29 is 25.0 Å². The van der Waals surface area contributed by atoms with Crippen LogP contribution < -0.4 is 0 Å². The van der Waals surface area contributed by atoms with Crippen molar-refractivity contribution in [2.24, 2.45) is 0 Å². The SMILES string of the molecule is [2H]c1c([2H])c([2H])c2c([2H])c(-c3c4c([2H])c([2H])c([2H])c([2H])c4c(-c4cc(-c5ccc6c(c5)oc5ccc7ccccc7c56)cc5ccccc45)c4c([2H])c([2H])c([2H])c([2H])c34)c([2H])c([2H])c2c1[2H]. The number of benzene rings is 10.